The number of carboxylic acids is 1. The number of carbonyl (C=O) groups excluding carboxylic acids is 1. The van der Waals surface area contributed by atoms with Gasteiger partial charge in [-0.3, -0.25) is 4.79 Å². The smallest absolute Gasteiger partial charge is 0.330 e. The molecule has 1 rings (SSSR count). The Labute approximate surface area is 99.1 Å². The molecule has 1 aromatic rings. The van der Waals surface area contributed by atoms with E-state index in [4.69, 9.17) is 5.11 Å². The zero-order chi connectivity index (χ0) is 12.0. The molecular formula is C11H13NO3S. The van der Waals surface area contributed by atoms with Gasteiger partial charge in [0.25, 0.3) is 0 Å². The first kappa shape index (κ1) is 12.6. The third-order valence-corrected chi connectivity index (χ3v) is 2.25. The van der Waals surface area contributed by atoms with Crippen LogP contribution >= 0.6 is 12.6 Å². The van der Waals surface area contributed by atoms with E-state index >= 15 is 0 Å². The highest BCUT2D eigenvalue weighted by Crippen LogP contribution is 2.12. The van der Waals surface area contributed by atoms with Crippen LogP contribution in [-0.4, -0.2) is 22.7 Å². The molecule has 1 aromatic carbocycles. The Hall–Kier alpha value is -1.49. The second kappa shape index (κ2) is 6.17. The molecule has 0 saturated heterocycles. The molecular weight excluding hydrogens is 226 g/mol. The largest absolute Gasteiger partial charge is 0.479 e. The highest BCUT2D eigenvalue weighted by Gasteiger charge is 2.20. The van der Waals surface area contributed by atoms with Crippen molar-refractivity contribution in [3.63, 3.8) is 0 Å². The molecule has 0 bridgehead atoms. The quantitative estimate of drug-likeness (QED) is 0.677. The first-order valence-corrected chi connectivity index (χ1v) is 5.46. The van der Waals surface area contributed by atoms with Gasteiger partial charge in [-0.05, 0) is 11.3 Å². The monoisotopic (exact) mass is 239 g/mol. The van der Waals surface area contributed by atoms with Gasteiger partial charge in [-0.2, -0.15) is 12.6 Å². The maximum Gasteiger partial charge on any atom is 0.330 e. The Morgan fingerprint density at radius 3 is 2.44 bits per heavy atom. The topological polar surface area (TPSA) is 66.4 Å². The van der Waals surface area contributed by atoms with Gasteiger partial charge in [0.05, 0.1) is 0 Å². The molecule has 16 heavy (non-hydrogen) atoms. The molecule has 0 radical (unpaired) electrons. The first-order chi connectivity index (χ1) is 7.65. The third kappa shape index (κ3) is 3.58. The number of rotatable bonds is 5. The molecule has 5 heteroatoms. The molecule has 0 aromatic heterocycles. The molecule has 4 nitrogen and oxygen atoms in total. The molecule has 0 fully saturated rings. The van der Waals surface area contributed by atoms with E-state index in [1.54, 1.807) is 30.3 Å². The van der Waals surface area contributed by atoms with Gasteiger partial charge in [-0.1, -0.05) is 30.3 Å². The lowest BCUT2D eigenvalue weighted by Gasteiger charge is -2.14. The molecule has 0 unspecified atom stereocenters. The Bertz CT molecular complexity index is 367. The maximum atomic E-state index is 11.3. The zero-order valence-corrected chi connectivity index (χ0v) is 9.48. The SMILES string of the molecule is O=C(CCS)N[C@H](C(=O)O)c1ccccc1. The van der Waals surface area contributed by atoms with Crippen LogP contribution in [0.25, 0.3) is 0 Å². The summed E-state index contributed by atoms with van der Waals surface area (Å²) in [5.41, 5.74) is 0.558. The van der Waals surface area contributed by atoms with Crippen molar-refractivity contribution in [2.75, 3.05) is 5.75 Å². The summed E-state index contributed by atoms with van der Waals surface area (Å²) in [6.07, 6.45) is 0.208. The normalized spacial score (nSPS) is 11.8. The minimum absolute atomic E-state index is 0.208. The number of amides is 1. The number of hydrogen-bond donors (Lipinski definition) is 3. The van der Waals surface area contributed by atoms with Gasteiger partial charge in [-0.15, -0.1) is 0 Å². The molecule has 0 aliphatic heterocycles. The highest BCUT2D eigenvalue weighted by atomic mass is 32.1. The zero-order valence-electron chi connectivity index (χ0n) is 8.59. The molecule has 2 N–H and O–H groups in total. The number of aliphatic carboxylic acids is 1. The van der Waals surface area contributed by atoms with Crippen molar-refractivity contribution in [3.8, 4) is 0 Å². The van der Waals surface area contributed by atoms with E-state index in [0.29, 0.717) is 11.3 Å². The summed E-state index contributed by atoms with van der Waals surface area (Å²) >= 11 is 3.91. The second-order valence-corrected chi connectivity index (χ2v) is 3.67. The van der Waals surface area contributed by atoms with Crippen LogP contribution in [0, 0.1) is 0 Å². The summed E-state index contributed by atoms with van der Waals surface area (Å²) in [6, 6.07) is 7.59. The molecule has 0 saturated carbocycles. The van der Waals surface area contributed by atoms with E-state index in [1.165, 1.54) is 0 Å². The second-order valence-electron chi connectivity index (χ2n) is 3.22. The van der Waals surface area contributed by atoms with Crippen molar-refractivity contribution in [3.05, 3.63) is 35.9 Å². The minimum Gasteiger partial charge on any atom is -0.479 e. The van der Waals surface area contributed by atoms with Crippen LogP contribution in [0.5, 0.6) is 0 Å². The van der Waals surface area contributed by atoms with Crippen molar-refractivity contribution >= 4 is 24.5 Å². The van der Waals surface area contributed by atoms with Crippen LogP contribution in [0.15, 0.2) is 30.3 Å². The van der Waals surface area contributed by atoms with Crippen LogP contribution < -0.4 is 5.32 Å². The lowest BCUT2D eigenvalue weighted by atomic mass is 10.1. The fourth-order valence-corrected chi connectivity index (χ4v) is 1.47. The molecule has 0 aliphatic carbocycles. The predicted octanol–water partition coefficient (Wildman–Crippen LogP) is 1.25. The molecule has 0 spiro atoms. The van der Waals surface area contributed by atoms with E-state index in [1.807, 2.05) is 0 Å². The number of carboxylic acid groups (broad SMARTS) is 1. The lowest BCUT2D eigenvalue weighted by molar-refractivity contribution is -0.142. The van der Waals surface area contributed by atoms with E-state index in [2.05, 4.69) is 17.9 Å². The van der Waals surface area contributed by atoms with Crippen molar-refractivity contribution in [1.29, 1.82) is 0 Å². The summed E-state index contributed by atoms with van der Waals surface area (Å²) in [6.45, 7) is 0. The summed E-state index contributed by atoms with van der Waals surface area (Å²) in [5, 5.41) is 11.5. The number of hydrogen-bond acceptors (Lipinski definition) is 3. The van der Waals surface area contributed by atoms with Crippen molar-refractivity contribution < 1.29 is 14.7 Å². The average molecular weight is 239 g/mol. The van der Waals surface area contributed by atoms with E-state index < -0.39 is 12.0 Å². The summed E-state index contributed by atoms with van der Waals surface area (Å²) in [7, 11) is 0. The van der Waals surface area contributed by atoms with Crippen molar-refractivity contribution in [1.82, 2.24) is 5.32 Å². The van der Waals surface area contributed by atoms with E-state index in [9.17, 15) is 9.59 Å². The number of thiol groups is 1. The number of carbonyl (C=O) groups is 2. The van der Waals surface area contributed by atoms with Gasteiger partial charge in [-0.25, -0.2) is 4.79 Å². The fourth-order valence-electron chi connectivity index (χ4n) is 1.27. The van der Waals surface area contributed by atoms with Crippen LogP contribution in [0.2, 0.25) is 0 Å². The highest BCUT2D eigenvalue weighted by molar-refractivity contribution is 7.80. The summed E-state index contributed by atoms with van der Waals surface area (Å²) < 4.78 is 0. The Kier molecular flexibility index (Phi) is 4.85. The van der Waals surface area contributed by atoms with Crippen LogP contribution in [0.4, 0.5) is 0 Å². The van der Waals surface area contributed by atoms with Crippen molar-refractivity contribution in [2.24, 2.45) is 0 Å². The summed E-state index contributed by atoms with van der Waals surface area (Å²) in [4.78, 5) is 22.3. The molecule has 86 valence electrons. The van der Waals surface area contributed by atoms with Gasteiger partial charge in [0.15, 0.2) is 6.04 Å². The maximum absolute atomic E-state index is 11.3. The van der Waals surface area contributed by atoms with Gasteiger partial charge in [0.1, 0.15) is 0 Å². The van der Waals surface area contributed by atoms with Gasteiger partial charge in [0, 0.05) is 6.42 Å². The van der Waals surface area contributed by atoms with Gasteiger partial charge >= 0.3 is 5.97 Å². The van der Waals surface area contributed by atoms with Gasteiger partial charge in [0.2, 0.25) is 5.91 Å². The molecule has 1 atom stereocenters. The average Bonchev–Trinajstić information content (AvgIpc) is 2.27. The van der Waals surface area contributed by atoms with E-state index in [0.717, 1.165) is 0 Å². The number of nitrogens with one attached hydrogen (secondary N) is 1. The minimum atomic E-state index is -1.07. The fraction of sp³-hybridized carbons (Fsp3) is 0.273. The standard InChI is InChI=1S/C11H13NO3S/c13-9(6-7-16)12-10(11(14)15)8-4-2-1-3-5-8/h1-5,10,16H,6-7H2,(H,12,13)(H,14,15)/t10-/m0/s1. The van der Waals surface area contributed by atoms with Crippen molar-refractivity contribution in [2.45, 2.75) is 12.5 Å². The Morgan fingerprint density at radius 1 is 1.31 bits per heavy atom. The van der Waals surface area contributed by atoms with Crippen LogP contribution in [0.3, 0.4) is 0 Å². The lowest BCUT2D eigenvalue weighted by Crippen LogP contribution is -2.33. The Morgan fingerprint density at radius 2 is 1.94 bits per heavy atom. The van der Waals surface area contributed by atoms with E-state index in [-0.39, 0.29) is 12.3 Å². The molecule has 1 amide bonds. The number of benzene rings is 1. The first-order valence-electron chi connectivity index (χ1n) is 4.83. The predicted molar refractivity (Wildman–Crippen MR) is 63.4 cm³/mol. The van der Waals surface area contributed by atoms with Gasteiger partial charge < -0.3 is 10.4 Å². The third-order valence-electron chi connectivity index (χ3n) is 2.02. The van der Waals surface area contributed by atoms with Crippen LogP contribution in [-0.2, 0) is 9.59 Å². The Balaban J connectivity index is 2.77. The molecule has 0 heterocycles. The van der Waals surface area contributed by atoms with Crippen LogP contribution in [0.1, 0.15) is 18.0 Å². The molecule has 0 aliphatic rings. The summed E-state index contributed by atoms with van der Waals surface area (Å²) in [5.74, 6) is -0.988.